The molecule has 0 spiro atoms. The first-order valence-electron chi connectivity index (χ1n) is 6.53. The summed E-state index contributed by atoms with van der Waals surface area (Å²) in [6.45, 7) is 10.2. The van der Waals surface area contributed by atoms with Gasteiger partial charge in [-0.3, -0.25) is 4.90 Å². The number of hydrogen-bond donors (Lipinski definition) is 1. The molecule has 5 heteroatoms. The summed E-state index contributed by atoms with van der Waals surface area (Å²) in [6.07, 6.45) is 0. The predicted molar refractivity (Wildman–Crippen MR) is 79.4 cm³/mol. The molecule has 106 valence electrons. The Hall–Kier alpha value is -1.00. The fourth-order valence-corrected chi connectivity index (χ4v) is 2.62. The number of benzene rings is 1. The second-order valence-electron chi connectivity index (χ2n) is 5.97. The summed E-state index contributed by atoms with van der Waals surface area (Å²) in [5, 5.41) is 0.0783. The summed E-state index contributed by atoms with van der Waals surface area (Å²) < 4.78 is 13.6. The normalized spacial score (nSPS) is 17.8. The molecule has 1 heterocycles. The van der Waals surface area contributed by atoms with Gasteiger partial charge in [0.05, 0.1) is 16.4 Å². The molecule has 19 heavy (non-hydrogen) atoms. The molecular formula is C14H21ClFN3. The summed E-state index contributed by atoms with van der Waals surface area (Å²) in [4.78, 5) is 4.54. The SMILES string of the molecule is CC(C)(C)N1CCN(c2cc(F)c(Cl)cc2N)CC1. The third-order valence-electron chi connectivity index (χ3n) is 3.64. The van der Waals surface area contributed by atoms with Crippen LogP contribution in [-0.2, 0) is 0 Å². The van der Waals surface area contributed by atoms with Gasteiger partial charge >= 0.3 is 0 Å². The molecule has 1 saturated heterocycles. The van der Waals surface area contributed by atoms with Crippen molar-refractivity contribution in [3.63, 3.8) is 0 Å². The van der Waals surface area contributed by atoms with E-state index in [-0.39, 0.29) is 10.6 Å². The quantitative estimate of drug-likeness (QED) is 0.805. The number of rotatable bonds is 1. The maximum Gasteiger partial charge on any atom is 0.144 e. The van der Waals surface area contributed by atoms with Crippen molar-refractivity contribution in [2.24, 2.45) is 0 Å². The van der Waals surface area contributed by atoms with E-state index in [4.69, 9.17) is 17.3 Å². The van der Waals surface area contributed by atoms with Crippen molar-refractivity contribution >= 4 is 23.0 Å². The maximum atomic E-state index is 13.6. The van der Waals surface area contributed by atoms with E-state index in [1.54, 1.807) is 0 Å². The van der Waals surface area contributed by atoms with Crippen LogP contribution in [0.25, 0.3) is 0 Å². The Bertz CT molecular complexity index is 462. The van der Waals surface area contributed by atoms with Gasteiger partial charge in [0.15, 0.2) is 0 Å². The van der Waals surface area contributed by atoms with Crippen LogP contribution >= 0.6 is 11.6 Å². The van der Waals surface area contributed by atoms with Gasteiger partial charge in [0.1, 0.15) is 5.82 Å². The molecule has 0 aliphatic carbocycles. The standard InChI is InChI=1S/C14H21ClFN3/c1-14(2,3)19-6-4-18(5-7-19)13-9-11(16)10(15)8-12(13)17/h8-9H,4-7,17H2,1-3H3. The monoisotopic (exact) mass is 285 g/mol. The van der Waals surface area contributed by atoms with Crippen LogP contribution in [0.3, 0.4) is 0 Å². The maximum absolute atomic E-state index is 13.6. The molecule has 0 aromatic heterocycles. The average Bonchev–Trinajstić information content (AvgIpc) is 2.33. The smallest absolute Gasteiger partial charge is 0.144 e. The van der Waals surface area contributed by atoms with Gasteiger partial charge in [-0.2, -0.15) is 0 Å². The van der Waals surface area contributed by atoms with Crippen LogP contribution in [0.2, 0.25) is 5.02 Å². The number of piperazine rings is 1. The molecule has 1 aliphatic heterocycles. The van der Waals surface area contributed by atoms with E-state index in [1.165, 1.54) is 12.1 Å². The van der Waals surface area contributed by atoms with Crippen LogP contribution < -0.4 is 10.6 Å². The Morgan fingerprint density at radius 3 is 2.26 bits per heavy atom. The first kappa shape index (κ1) is 14.4. The lowest BCUT2D eigenvalue weighted by Gasteiger charge is -2.43. The van der Waals surface area contributed by atoms with E-state index in [0.29, 0.717) is 5.69 Å². The molecule has 0 radical (unpaired) electrons. The van der Waals surface area contributed by atoms with E-state index >= 15 is 0 Å². The third-order valence-corrected chi connectivity index (χ3v) is 3.93. The molecule has 0 saturated carbocycles. The molecule has 1 aromatic carbocycles. The fourth-order valence-electron chi connectivity index (χ4n) is 2.44. The Labute approximate surface area is 119 Å². The number of anilines is 2. The molecule has 3 nitrogen and oxygen atoms in total. The van der Waals surface area contributed by atoms with Crippen molar-refractivity contribution < 1.29 is 4.39 Å². The van der Waals surface area contributed by atoms with Gasteiger partial charge in [0, 0.05) is 37.8 Å². The predicted octanol–water partition coefficient (Wildman–Crippen LogP) is 2.98. The molecular weight excluding hydrogens is 265 g/mol. The topological polar surface area (TPSA) is 32.5 Å². The highest BCUT2D eigenvalue weighted by Gasteiger charge is 2.26. The molecule has 0 atom stereocenters. The van der Waals surface area contributed by atoms with Gasteiger partial charge in [-0.05, 0) is 26.8 Å². The molecule has 2 rings (SSSR count). The van der Waals surface area contributed by atoms with E-state index in [2.05, 4.69) is 30.6 Å². The van der Waals surface area contributed by atoms with Crippen molar-refractivity contribution in [3.8, 4) is 0 Å². The summed E-state index contributed by atoms with van der Waals surface area (Å²) in [5.41, 5.74) is 7.39. The van der Waals surface area contributed by atoms with E-state index in [0.717, 1.165) is 31.9 Å². The molecule has 1 aromatic rings. The molecule has 2 N–H and O–H groups in total. The summed E-state index contributed by atoms with van der Waals surface area (Å²) in [5.74, 6) is -0.413. The molecule has 1 fully saturated rings. The zero-order valence-corrected chi connectivity index (χ0v) is 12.5. The first-order valence-corrected chi connectivity index (χ1v) is 6.91. The second-order valence-corrected chi connectivity index (χ2v) is 6.38. The average molecular weight is 286 g/mol. The number of nitrogens with zero attached hydrogens (tertiary/aromatic N) is 2. The zero-order valence-electron chi connectivity index (χ0n) is 11.7. The summed E-state index contributed by atoms with van der Waals surface area (Å²) in [6, 6.07) is 2.92. The van der Waals surface area contributed by atoms with Crippen molar-refractivity contribution in [1.82, 2.24) is 4.90 Å². The van der Waals surface area contributed by atoms with Crippen LogP contribution in [0.4, 0.5) is 15.8 Å². The van der Waals surface area contributed by atoms with E-state index in [9.17, 15) is 4.39 Å². The van der Waals surface area contributed by atoms with Gasteiger partial charge in [0.25, 0.3) is 0 Å². The number of nitrogen functional groups attached to an aromatic ring is 1. The Morgan fingerprint density at radius 2 is 1.74 bits per heavy atom. The highest BCUT2D eigenvalue weighted by atomic mass is 35.5. The lowest BCUT2D eigenvalue weighted by molar-refractivity contribution is 0.128. The number of nitrogens with two attached hydrogens (primary N) is 1. The lowest BCUT2D eigenvalue weighted by Crippen LogP contribution is -2.53. The van der Waals surface area contributed by atoms with Crippen LogP contribution in [0, 0.1) is 5.82 Å². The molecule has 0 unspecified atom stereocenters. The minimum atomic E-state index is -0.413. The lowest BCUT2D eigenvalue weighted by atomic mass is 10.0. The molecule has 1 aliphatic rings. The van der Waals surface area contributed by atoms with Crippen molar-refractivity contribution in [2.75, 3.05) is 36.8 Å². The van der Waals surface area contributed by atoms with Crippen LogP contribution in [0.5, 0.6) is 0 Å². The fraction of sp³-hybridized carbons (Fsp3) is 0.571. The summed E-state index contributed by atoms with van der Waals surface area (Å²) in [7, 11) is 0. The Morgan fingerprint density at radius 1 is 1.16 bits per heavy atom. The largest absolute Gasteiger partial charge is 0.397 e. The minimum absolute atomic E-state index is 0.0783. The highest BCUT2D eigenvalue weighted by molar-refractivity contribution is 6.31. The van der Waals surface area contributed by atoms with Crippen LogP contribution in [-0.4, -0.2) is 36.6 Å². The zero-order chi connectivity index (χ0) is 14.2. The highest BCUT2D eigenvalue weighted by Crippen LogP contribution is 2.30. The van der Waals surface area contributed by atoms with Gasteiger partial charge in [-0.1, -0.05) is 11.6 Å². The first-order chi connectivity index (χ1) is 8.79. The van der Waals surface area contributed by atoms with Gasteiger partial charge in [-0.15, -0.1) is 0 Å². The molecule has 0 amide bonds. The van der Waals surface area contributed by atoms with E-state index in [1.807, 2.05) is 0 Å². The Kier molecular flexibility index (Phi) is 3.92. The number of hydrogen-bond acceptors (Lipinski definition) is 3. The van der Waals surface area contributed by atoms with E-state index < -0.39 is 5.82 Å². The number of halogens is 2. The van der Waals surface area contributed by atoms with Crippen LogP contribution in [0.15, 0.2) is 12.1 Å². The second kappa shape index (κ2) is 5.17. The van der Waals surface area contributed by atoms with Gasteiger partial charge in [0.2, 0.25) is 0 Å². The van der Waals surface area contributed by atoms with Crippen LogP contribution in [0.1, 0.15) is 20.8 Å². The minimum Gasteiger partial charge on any atom is -0.397 e. The van der Waals surface area contributed by atoms with Gasteiger partial charge < -0.3 is 10.6 Å². The van der Waals surface area contributed by atoms with Gasteiger partial charge in [-0.25, -0.2) is 4.39 Å². The van der Waals surface area contributed by atoms with Crippen molar-refractivity contribution in [1.29, 1.82) is 0 Å². The third kappa shape index (κ3) is 3.12. The molecule has 0 bridgehead atoms. The summed E-state index contributed by atoms with van der Waals surface area (Å²) >= 11 is 5.73. The van der Waals surface area contributed by atoms with Crippen molar-refractivity contribution in [2.45, 2.75) is 26.3 Å². The Balaban J connectivity index is 2.12. The van der Waals surface area contributed by atoms with Crippen molar-refractivity contribution in [3.05, 3.63) is 23.0 Å².